The number of aryl methyl sites for hydroxylation is 2. The van der Waals surface area contributed by atoms with Gasteiger partial charge in [0, 0.05) is 30.4 Å². The van der Waals surface area contributed by atoms with Crippen molar-refractivity contribution in [3.63, 3.8) is 0 Å². The lowest BCUT2D eigenvalue weighted by Crippen LogP contribution is -2.47. The van der Waals surface area contributed by atoms with Gasteiger partial charge in [0.15, 0.2) is 0 Å². The van der Waals surface area contributed by atoms with E-state index in [4.69, 9.17) is 0 Å². The Morgan fingerprint density at radius 2 is 2.12 bits per heavy atom. The van der Waals surface area contributed by atoms with E-state index in [-0.39, 0.29) is 5.91 Å². The van der Waals surface area contributed by atoms with Crippen LogP contribution >= 0.6 is 0 Å². The van der Waals surface area contributed by atoms with Gasteiger partial charge in [-0.3, -0.25) is 4.79 Å². The summed E-state index contributed by atoms with van der Waals surface area (Å²) < 4.78 is 16.1. The maximum absolute atomic E-state index is 14.6. The van der Waals surface area contributed by atoms with Crippen molar-refractivity contribution in [2.45, 2.75) is 32.7 Å². The molecule has 0 bridgehead atoms. The van der Waals surface area contributed by atoms with E-state index >= 15 is 0 Å². The number of aromatic nitrogens is 2. The molecule has 1 fully saturated rings. The summed E-state index contributed by atoms with van der Waals surface area (Å²) in [7, 11) is 1.90. The third-order valence-corrected chi connectivity index (χ3v) is 4.55. The molecule has 2 aromatic rings. The molecule has 1 atom stereocenters. The fourth-order valence-electron chi connectivity index (χ4n) is 3.26. The predicted octanol–water partition coefficient (Wildman–Crippen LogP) is 2.45. The molecule has 0 spiro atoms. The molecule has 2 heterocycles. The quantitative estimate of drug-likeness (QED) is 0.940. The van der Waals surface area contributed by atoms with Gasteiger partial charge in [0.25, 0.3) is 5.91 Å². The molecule has 1 N–H and O–H groups in total. The van der Waals surface area contributed by atoms with Gasteiger partial charge in [-0.1, -0.05) is 0 Å². The van der Waals surface area contributed by atoms with Crippen molar-refractivity contribution in [1.82, 2.24) is 20.0 Å². The number of amides is 1. The molecule has 1 unspecified atom stereocenters. The minimum atomic E-state index is -0.436. The van der Waals surface area contributed by atoms with Crippen LogP contribution in [-0.4, -0.2) is 46.8 Å². The maximum Gasteiger partial charge on any atom is 0.254 e. The van der Waals surface area contributed by atoms with Crippen LogP contribution in [0.1, 0.15) is 34.6 Å². The Morgan fingerprint density at radius 3 is 2.75 bits per heavy atom. The topological polar surface area (TPSA) is 50.2 Å². The molecule has 1 aromatic heterocycles. The van der Waals surface area contributed by atoms with Gasteiger partial charge in [0.1, 0.15) is 11.5 Å². The van der Waals surface area contributed by atoms with Gasteiger partial charge in [-0.05, 0) is 58.0 Å². The second kappa shape index (κ2) is 6.73. The molecule has 1 amide bonds. The molecule has 0 saturated carbocycles. The van der Waals surface area contributed by atoms with E-state index in [0.717, 1.165) is 30.8 Å². The summed E-state index contributed by atoms with van der Waals surface area (Å²) in [4.78, 5) is 14.4. The number of nitrogens with zero attached hydrogens (tertiary/aromatic N) is 3. The van der Waals surface area contributed by atoms with Gasteiger partial charge in [-0.2, -0.15) is 5.10 Å². The van der Waals surface area contributed by atoms with E-state index in [1.165, 1.54) is 6.07 Å². The Bertz CT molecular complexity index is 755. The summed E-state index contributed by atoms with van der Waals surface area (Å²) in [6.07, 6.45) is 2.02. The minimum absolute atomic E-state index is 0.117. The number of nitrogens with one attached hydrogen (secondary N) is 1. The number of likely N-dealkylation sites (tertiary alicyclic amines) is 1. The monoisotopic (exact) mass is 330 g/mol. The third-order valence-electron chi connectivity index (χ3n) is 4.55. The molecule has 6 heteroatoms. The van der Waals surface area contributed by atoms with Crippen LogP contribution in [0.15, 0.2) is 24.3 Å². The highest BCUT2D eigenvalue weighted by atomic mass is 19.1. The molecule has 0 radical (unpaired) electrons. The van der Waals surface area contributed by atoms with Crippen LogP contribution < -0.4 is 5.32 Å². The van der Waals surface area contributed by atoms with Gasteiger partial charge in [-0.15, -0.1) is 0 Å². The van der Waals surface area contributed by atoms with Crippen molar-refractivity contribution < 1.29 is 9.18 Å². The Balaban J connectivity index is 1.84. The maximum atomic E-state index is 14.6. The Kier molecular flexibility index (Phi) is 4.66. The molecule has 128 valence electrons. The molecular formula is C18H23FN4O. The van der Waals surface area contributed by atoms with Crippen LogP contribution in [0.2, 0.25) is 0 Å². The first kappa shape index (κ1) is 16.6. The average molecular weight is 330 g/mol. The molecule has 1 aliphatic rings. The lowest BCUT2D eigenvalue weighted by molar-refractivity contribution is 0.0697. The third kappa shape index (κ3) is 3.19. The zero-order chi connectivity index (χ0) is 17.3. The zero-order valence-corrected chi connectivity index (χ0v) is 14.3. The van der Waals surface area contributed by atoms with Crippen LogP contribution in [0, 0.1) is 19.7 Å². The first-order valence-electron chi connectivity index (χ1n) is 8.29. The average Bonchev–Trinajstić information content (AvgIpc) is 2.92. The molecule has 3 rings (SSSR count). The highest BCUT2D eigenvalue weighted by Gasteiger charge is 2.24. The molecule has 1 saturated heterocycles. The summed E-state index contributed by atoms with van der Waals surface area (Å²) in [6, 6.07) is 6.82. The van der Waals surface area contributed by atoms with Crippen LogP contribution in [-0.2, 0) is 0 Å². The highest BCUT2D eigenvalue weighted by molar-refractivity contribution is 5.94. The Labute approximate surface area is 141 Å². The largest absolute Gasteiger partial charge is 0.337 e. The molecule has 5 nitrogen and oxygen atoms in total. The van der Waals surface area contributed by atoms with E-state index in [1.807, 2.05) is 27.0 Å². The lowest BCUT2D eigenvalue weighted by atomic mass is 10.0. The number of piperidine rings is 1. The van der Waals surface area contributed by atoms with Gasteiger partial charge in [0.2, 0.25) is 0 Å². The van der Waals surface area contributed by atoms with Gasteiger partial charge < -0.3 is 10.2 Å². The van der Waals surface area contributed by atoms with Crippen molar-refractivity contribution in [3.05, 3.63) is 47.0 Å². The summed E-state index contributed by atoms with van der Waals surface area (Å²) in [5.74, 6) is -0.553. The second-order valence-electron chi connectivity index (χ2n) is 6.38. The van der Waals surface area contributed by atoms with E-state index in [0.29, 0.717) is 23.8 Å². The number of likely N-dealkylation sites (N-methyl/N-ethyl adjacent to an activating group) is 1. The van der Waals surface area contributed by atoms with Crippen molar-refractivity contribution in [2.75, 3.05) is 20.1 Å². The normalized spacial score (nSPS) is 18.0. The van der Waals surface area contributed by atoms with E-state index < -0.39 is 5.82 Å². The highest BCUT2D eigenvalue weighted by Crippen LogP contribution is 2.20. The van der Waals surface area contributed by atoms with Crippen LogP contribution in [0.5, 0.6) is 0 Å². The number of rotatable bonds is 3. The van der Waals surface area contributed by atoms with Crippen LogP contribution in [0.25, 0.3) is 5.69 Å². The van der Waals surface area contributed by atoms with E-state index in [9.17, 15) is 9.18 Å². The Hall–Kier alpha value is -2.21. The smallest absolute Gasteiger partial charge is 0.254 e. The first-order chi connectivity index (χ1) is 11.5. The number of hydrogen-bond acceptors (Lipinski definition) is 3. The number of carbonyl (C=O) groups excluding carboxylic acids is 1. The zero-order valence-electron chi connectivity index (χ0n) is 14.3. The minimum Gasteiger partial charge on any atom is -0.337 e. The number of halogens is 1. The molecule has 1 aliphatic heterocycles. The van der Waals surface area contributed by atoms with Gasteiger partial charge in [-0.25, -0.2) is 9.07 Å². The molecule has 24 heavy (non-hydrogen) atoms. The summed E-state index contributed by atoms with van der Waals surface area (Å²) in [5.41, 5.74) is 2.44. The SMILES string of the molecule is CNC1CCCN(C(=O)c2ccc(-n3nc(C)cc3C)c(F)c2)C1. The van der Waals surface area contributed by atoms with Gasteiger partial charge in [0.05, 0.1) is 5.69 Å². The second-order valence-corrected chi connectivity index (χ2v) is 6.38. The summed E-state index contributed by atoms with van der Waals surface area (Å²) >= 11 is 0. The van der Waals surface area contributed by atoms with Gasteiger partial charge >= 0.3 is 0 Å². The number of benzene rings is 1. The standard InChI is InChI=1S/C18H23FN4O/c1-12-9-13(2)23(21-12)17-7-6-14(10-16(17)19)18(24)22-8-4-5-15(11-22)20-3/h6-7,9-10,15,20H,4-5,8,11H2,1-3H3. The molecule has 0 aliphatic carbocycles. The van der Waals surface area contributed by atoms with Crippen LogP contribution in [0.4, 0.5) is 4.39 Å². The van der Waals surface area contributed by atoms with Crippen LogP contribution in [0.3, 0.4) is 0 Å². The lowest BCUT2D eigenvalue weighted by Gasteiger charge is -2.32. The van der Waals surface area contributed by atoms with Crippen molar-refractivity contribution in [1.29, 1.82) is 0 Å². The van der Waals surface area contributed by atoms with Crippen molar-refractivity contribution >= 4 is 5.91 Å². The summed E-state index contributed by atoms with van der Waals surface area (Å²) in [5, 5.41) is 7.51. The summed E-state index contributed by atoms with van der Waals surface area (Å²) in [6.45, 7) is 5.13. The fourth-order valence-corrected chi connectivity index (χ4v) is 3.26. The molecular weight excluding hydrogens is 307 g/mol. The number of hydrogen-bond donors (Lipinski definition) is 1. The molecule has 1 aromatic carbocycles. The van der Waals surface area contributed by atoms with E-state index in [1.54, 1.807) is 21.7 Å². The van der Waals surface area contributed by atoms with E-state index in [2.05, 4.69) is 10.4 Å². The Morgan fingerprint density at radius 1 is 1.33 bits per heavy atom. The van der Waals surface area contributed by atoms with Crippen molar-refractivity contribution in [2.24, 2.45) is 0 Å². The first-order valence-corrected chi connectivity index (χ1v) is 8.29. The predicted molar refractivity (Wildman–Crippen MR) is 91.0 cm³/mol. The fraction of sp³-hybridized carbons (Fsp3) is 0.444. The van der Waals surface area contributed by atoms with Crippen molar-refractivity contribution in [3.8, 4) is 5.69 Å². The number of carbonyl (C=O) groups is 1.